The number of halogens is 3. The van der Waals surface area contributed by atoms with Crippen molar-refractivity contribution in [3.8, 4) is 11.1 Å². The van der Waals surface area contributed by atoms with Gasteiger partial charge in [-0.25, -0.2) is 4.79 Å². The van der Waals surface area contributed by atoms with Crippen molar-refractivity contribution in [1.82, 2.24) is 10.2 Å². The summed E-state index contributed by atoms with van der Waals surface area (Å²) in [5.41, 5.74) is 2.68. The van der Waals surface area contributed by atoms with Gasteiger partial charge in [0.15, 0.2) is 0 Å². The van der Waals surface area contributed by atoms with E-state index in [0.29, 0.717) is 17.5 Å². The normalized spacial score (nSPS) is 20.6. The minimum atomic E-state index is -4.60. The Morgan fingerprint density at radius 2 is 1.73 bits per heavy atom. The topological polar surface area (TPSA) is 86.7 Å². The van der Waals surface area contributed by atoms with Gasteiger partial charge in [0.05, 0.1) is 5.56 Å². The van der Waals surface area contributed by atoms with Crippen molar-refractivity contribution in [2.75, 3.05) is 6.54 Å². The Morgan fingerprint density at radius 3 is 2.41 bits per heavy atom. The predicted octanol–water partition coefficient (Wildman–Crippen LogP) is 5.70. The van der Waals surface area contributed by atoms with Crippen molar-refractivity contribution in [3.05, 3.63) is 94.5 Å². The van der Waals surface area contributed by atoms with Crippen molar-refractivity contribution in [2.24, 2.45) is 11.3 Å². The van der Waals surface area contributed by atoms with Crippen LogP contribution >= 0.6 is 0 Å². The van der Waals surface area contributed by atoms with Crippen LogP contribution in [0.3, 0.4) is 0 Å². The average Bonchev–Trinajstić information content (AvgIpc) is 3.89. The molecule has 0 radical (unpaired) electrons. The van der Waals surface area contributed by atoms with Crippen molar-refractivity contribution < 1.29 is 32.7 Å². The average molecular weight is 563 g/mol. The molecule has 3 aromatic carbocycles. The summed E-state index contributed by atoms with van der Waals surface area (Å²) in [7, 11) is 0. The van der Waals surface area contributed by atoms with Crippen LogP contribution < -0.4 is 5.32 Å². The van der Waals surface area contributed by atoms with E-state index in [4.69, 9.17) is 0 Å². The Labute approximate surface area is 235 Å². The lowest BCUT2D eigenvalue weighted by molar-refractivity contribution is -0.199. The fourth-order valence-electron chi connectivity index (χ4n) is 6.08. The number of carboxylic acid groups (broad SMARTS) is 1. The molecule has 0 saturated heterocycles. The first kappa shape index (κ1) is 27.1. The van der Waals surface area contributed by atoms with E-state index in [9.17, 15) is 32.7 Å². The summed E-state index contributed by atoms with van der Waals surface area (Å²) < 4.78 is 41.3. The number of aromatic carboxylic acids is 1. The molecule has 0 unspecified atom stereocenters. The van der Waals surface area contributed by atoms with E-state index in [1.54, 1.807) is 18.2 Å². The summed E-state index contributed by atoms with van der Waals surface area (Å²) in [6.07, 6.45) is -3.92. The van der Waals surface area contributed by atoms with E-state index in [1.165, 1.54) is 11.0 Å². The third-order valence-corrected chi connectivity index (χ3v) is 8.73. The molecular formula is C32H29F3N2O4. The molecule has 41 heavy (non-hydrogen) atoms. The van der Waals surface area contributed by atoms with Gasteiger partial charge in [-0.3, -0.25) is 9.59 Å². The van der Waals surface area contributed by atoms with E-state index in [2.05, 4.69) is 5.32 Å². The quantitative estimate of drug-likeness (QED) is 0.387. The molecule has 0 aromatic heterocycles. The van der Waals surface area contributed by atoms with E-state index in [-0.39, 0.29) is 55.8 Å². The Hall–Kier alpha value is -4.14. The van der Waals surface area contributed by atoms with Crippen LogP contribution in [0.15, 0.2) is 66.7 Å². The maximum absolute atomic E-state index is 13.8. The van der Waals surface area contributed by atoms with Gasteiger partial charge in [0.25, 0.3) is 0 Å². The predicted molar refractivity (Wildman–Crippen MR) is 145 cm³/mol. The first-order valence-corrected chi connectivity index (χ1v) is 13.8. The van der Waals surface area contributed by atoms with Gasteiger partial charge in [0.2, 0.25) is 11.8 Å². The lowest BCUT2D eigenvalue weighted by Gasteiger charge is -2.35. The molecular weight excluding hydrogens is 533 g/mol. The van der Waals surface area contributed by atoms with E-state index in [1.807, 2.05) is 42.5 Å². The number of hydrogen-bond donors (Lipinski definition) is 2. The smallest absolute Gasteiger partial charge is 0.403 e. The largest absolute Gasteiger partial charge is 0.478 e. The molecule has 2 N–H and O–H groups in total. The SMILES string of the molecule is O=C(O)c1cccc(-c2ccc(CNC(=O)[C@@H]3C[C@H]3c3ccccc3)c3c2CCN(C(=O)C2(C(F)(F)F)CC2)C3)c1. The van der Waals surface area contributed by atoms with E-state index >= 15 is 0 Å². The number of benzene rings is 3. The Balaban J connectivity index is 1.28. The van der Waals surface area contributed by atoms with Gasteiger partial charge in [0.1, 0.15) is 5.41 Å². The highest BCUT2D eigenvalue weighted by molar-refractivity contribution is 5.90. The van der Waals surface area contributed by atoms with Crippen LogP contribution in [0.2, 0.25) is 0 Å². The van der Waals surface area contributed by atoms with Gasteiger partial charge in [-0.2, -0.15) is 13.2 Å². The molecule has 6 rings (SSSR count). The van der Waals surface area contributed by atoms with Crippen LogP contribution in [-0.4, -0.2) is 40.5 Å². The zero-order valence-electron chi connectivity index (χ0n) is 22.2. The lowest BCUT2D eigenvalue weighted by Crippen LogP contribution is -2.46. The highest BCUT2D eigenvalue weighted by Gasteiger charge is 2.69. The van der Waals surface area contributed by atoms with Crippen LogP contribution in [0.4, 0.5) is 13.2 Å². The highest BCUT2D eigenvalue weighted by atomic mass is 19.4. The fourth-order valence-corrected chi connectivity index (χ4v) is 6.08. The summed E-state index contributed by atoms with van der Waals surface area (Å²) in [6.45, 7) is 0.312. The second-order valence-corrected chi connectivity index (χ2v) is 11.2. The number of carboxylic acids is 1. The van der Waals surface area contributed by atoms with Gasteiger partial charge in [-0.15, -0.1) is 0 Å². The van der Waals surface area contributed by atoms with Crippen molar-refractivity contribution in [3.63, 3.8) is 0 Å². The van der Waals surface area contributed by atoms with Crippen LogP contribution in [0.1, 0.15) is 57.8 Å². The first-order valence-electron chi connectivity index (χ1n) is 13.8. The second kappa shape index (κ2) is 10.0. The number of nitrogens with one attached hydrogen (secondary N) is 1. The van der Waals surface area contributed by atoms with E-state index < -0.39 is 23.5 Å². The van der Waals surface area contributed by atoms with Crippen LogP contribution in [0.5, 0.6) is 0 Å². The maximum atomic E-state index is 13.8. The summed E-state index contributed by atoms with van der Waals surface area (Å²) in [5, 5.41) is 12.5. The molecule has 2 atom stereocenters. The Kier molecular flexibility index (Phi) is 6.63. The molecule has 2 saturated carbocycles. The molecule has 0 spiro atoms. The highest BCUT2D eigenvalue weighted by Crippen LogP contribution is 2.59. The molecule has 6 nitrogen and oxygen atoms in total. The molecule has 3 aromatic rings. The number of hydrogen-bond acceptors (Lipinski definition) is 3. The summed E-state index contributed by atoms with van der Waals surface area (Å²) >= 11 is 0. The molecule has 2 amide bonds. The minimum Gasteiger partial charge on any atom is -0.478 e. The summed E-state index contributed by atoms with van der Waals surface area (Å²) in [4.78, 5) is 39.0. The van der Waals surface area contributed by atoms with Crippen LogP contribution in [0.25, 0.3) is 11.1 Å². The lowest BCUT2D eigenvalue weighted by atomic mass is 9.86. The molecule has 1 heterocycles. The number of rotatable bonds is 7. The summed E-state index contributed by atoms with van der Waals surface area (Å²) in [6, 6.07) is 20.0. The number of nitrogens with zero attached hydrogens (tertiary/aromatic N) is 1. The van der Waals surface area contributed by atoms with Crippen LogP contribution in [-0.2, 0) is 29.1 Å². The molecule has 2 fully saturated rings. The Morgan fingerprint density at radius 1 is 0.976 bits per heavy atom. The molecule has 212 valence electrons. The summed E-state index contributed by atoms with van der Waals surface area (Å²) in [5.74, 6) is -2.01. The molecule has 2 aliphatic carbocycles. The third kappa shape index (κ3) is 4.98. The third-order valence-electron chi connectivity index (χ3n) is 8.73. The molecule has 1 aliphatic heterocycles. The van der Waals surface area contributed by atoms with Crippen molar-refractivity contribution >= 4 is 17.8 Å². The van der Waals surface area contributed by atoms with Gasteiger partial charge in [-0.1, -0.05) is 54.6 Å². The fraction of sp³-hybridized carbons (Fsp3) is 0.344. The monoisotopic (exact) mass is 562 g/mol. The Bertz CT molecular complexity index is 1530. The van der Waals surface area contributed by atoms with Gasteiger partial charge >= 0.3 is 12.1 Å². The standard InChI is InChI=1S/C32H29F3N2O4/c33-32(34,35)31(12-13-31)30(41)37-14-11-24-23(20-7-4-8-21(15-20)29(39)40)10-9-22(27(24)18-37)17-36-28(38)26-16-25(26)19-5-2-1-3-6-19/h1-10,15,25-26H,11-14,16-18H2,(H,36,38)(H,39,40)/t25-,26+/m0/s1. The second-order valence-electron chi connectivity index (χ2n) is 11.2. The zero-order chi connectivity index (χ0) is 28.9. The van der Waals surface area contributed by atoms with Crippen molar-refractivity contribution in [2.45, 2.75) is 50.9 Å². The number of amides is 2. The van der Waals surface area contributed by atoms with Crippen LogP contribution in [0, 0.1) is 11.3 Å². The maximum Gasteiger partial charge on any atom is 0.403 e. The first-order chi connectivity index (χ1) is 19.6. The van der Waals surface area contributed by atoms with Gasteiger partial charge in [0, 0.05) is 25.6 Å². The molecule has 0 bridgehead atoms. The van der Waals surface area contributed by atoms with Gasteiger partial charge < -0.3 is 15.3 Å². The van der Waals surface area contributed by atoms with E-state index in [0.717, 1.165) is 28.7 Å². The number of alkyl halides is 3. The number of carbonyl (C=O) groups excluding carboxylic acids is 2. The number of carbonyl (C=O) groups is 3. The molecule has 9 heteroatoms. The zero-order valence-corrected chi connectivity index (χ0v) is 22.2. The van der Waals surface area contributed by atoms with Gasteiger partial charge in [-0.05, 0) is 77.1 Å². The minimum absolute atomic E-state index is 0.000267. The van der Waals surface area contributed by atoms with Crippen molar-refractivity contribution in [1.29, 1.82) is 0 Å². The molecule has 3 aliphatic rings. The number of fused-ring (bicyclic) bond motifs is 1.